The molecule has 8 aromatic carbocycles. The number of nitrogens with zero attached hydrogens (tertiary/aromatic N) is 4. The maximum absolute atomic E-state index is 5.22. The molecule has 0 bridgehead atoms. The minimum absolute atomic E-state index is 0.0927. The summed E-state index contributed by atoms with van der Waals surface area (Å²) in [5.74, 6) is 1.92. The van der Waals surface area contributed by atoms with Gasteiger partial charge in [0.25, 0.3) is 0 Å². The summed E-state index contributed by atoms with van der Waals surface area (Å²) < 4.78 is 2.39. The van der Waals surface area contributed by atoms with Crippen molar-refractivity contribution in [2.45, 2.75) is 19.3 Å². The summed E-state index contributed by atoms with van der Waals surface area (Å²) in [6, 6.07) is 69.1. The summed E-state index contributed by atoms with van der Waals surface area (Å²) in [6.07, 6.45) is 0. The molecule has 0 aliphatic heterocycles. The van der Waals surface area contributed by atoms with Gasteiger partial charge in [0.15, 0.2) is 17.5 Å². The van der Waals surface area contributed by atoms with Gasteiger partial charge in [-0.2, -0.15) is 0 Å². The lowest BCUT2D eigenvalue weighted by atomic mass is 9.81. The highest BCUT2D eigenvalue weighted by atomic mass is 15.0. The van der Waals surface area contributed by atoms with Crippen molar-refractivity contribution in [3.8, 4) is 73.2 Å². The van der Waals surface area contributed by atoms with Crippen molar-refractivity contribution in [2.24, 2.45) is 0 Å². The SMILES string of the molecule is CC1(C)c2ccccc2-c2ccc(-c3ccc4c(c3)c3c(-c5nc(-c6ccccc6)nc(-c6ccccc6)n5)cccc3n4-c3cccc(-c4ccccc4)c3)cc21. The quantitative estimate of drug-likeness (QED) is 0.170. The number of aromatic nitrogens is 4. The summed E-state index contributed by atoms with van der Waals surface area (Å²) >= 11 is 0. The second kappa shape index (κ2) is 13.4. The Kier molecular flexibility index (Phi) is 7.80. The minimum Gasteiger partial charge on any atom is -0.309 e. The van der Waals surface area contributed by atoms with Crippen molar-refractivity contribution < 1.29 is 0 Å². The van der Waals surface area contributed by atoms with Crippen molar-refractivity contribution in [1.29, 1.82) is 0 Å². The fourth-order valence-electron chi connectivity index (χ4n) is 8.98. The Morgan fingerprint density at radius 3 is 1.62 bits per heavy atom. The van der Waals surface area contributed by atoms with Crippen LogP contribution in [-0.4, -0.2) is 19.5 Å². The maximum atomic E-state index is 5.22. The Morgan fingerprint density at radius 1 is 0.362 bits per heavy atom. The van der Waals surface area contributed by atoms with Crippen LogP contribution in [0.2, 0.25) is 0 Å². The second-order valence-corrected chi connectivity index (χ2v) is 15.7. The Labute approximate surface area is 337 Å². The van der Waals surface area contributed by atoms with Gasteiger partial charge in [0, 0.05) is 38.6 Å². The maximum Gasteiger partial charge on any atom is 0.164 e. The number of benzene rings is 8. The molecule has 4 nitrogen and oxygen atoms in total. The number of fused-ring (bicyclic) bond motifs is 6. The minimum atomic E-state index is -0.0927. The zero-order chi connectivity index (χ0) is 38.8. The first-order valence-electron chi connectivity index (χ1n) is 19.9. The van der Waals surface area contributed by atoms with Crippen LogP contribution in [0.1, 0.15) is 25.0 Å². The van der Waals surface area contributed by atoms with Crippen molar-refractivity contribution in [2.75, 3.05) is 0 Å². The van der Waals surface area contributed by atoms with E-state index in [-0.39, 0.29) is 5.41 Å². The summed E-state index contributed by atoms with van der Waals surface area (Å²) in [4.78, 5) is 15.4. The zero-order valence-corrected chi connectivity index (χ0v) is 32.3. The van der Waals surface area contributed by atoms with Crippen LogP contribution in [-0.2, 0) is 5.41 Å². The standard InChI is InChI=1S/C54H38N4/c1-54(2)46-26-13-12-24-42(46)43-30-28-40(34-47(43)54)39-29-31-48-45(33-39)50-44(25-15-27-49(50)58(48)41-23-14-22-38(32-41)35-16-6-3-7-17-35)53-56-51(36-18-8-4-9-19-36)55-52(57-53)37-20-10-5-11-21-37/h3-34H,1-2H3. The van der Waals surface area contributed by atoms with Crippen molar-refractivity contribution in [3.05, 3.63) is 205 Å². The Bertz CT molecular complexity index is 3120. The lowest BCUT2D eigenvalue weighted by Crippen LogP contribution is -2.14. The molecule has 2 heterocycles. The van der Waals surface area contributed by atoms with E-state index in [1.807, 2.05) is 36.4 Å². The predicted molar refractivity (Wildman–Crippen MR) is 239 cm³/mol. The van der Waals surface area contributed by atoms with E-state index in [2.05, 4.69) is 176 Å². The van der Waals surface area contributed by atoms with Crippen LogP contribution in [0.5, 0.6) is 0 Å². The summed E-state index contributed by atoms with van der Waals surface area (Å²) in [6.45, 7) is 4.69. The molecule has 10 aromatic rings. The molecule has 274 valence electrons. The van der Waals surface area contributed by atoms with Gasteiger partial charge >= 0.3 is 0 Å². The molecule has 1 aliphatic carbocycles. The summed E-state index contributed by atoms with van der Waals surface area (Å²) in [5.41, 5.74) is 16.2. The van der Waals surface area contributed by atoms with Crippen LogP contribution in [0, 0.1) is 0 Å². The number of rotatable bonds is 6. The molecule has 2 aromatic heterocycles. The Morgan fingerprint density at radius 2 is 0.897 bits per heavy atom. The van der Waals surface area contributed by atoms with E-state index >= 15 is 0 Å². The smallest absolute Gasteiger partial charge is 0.164 e. The lowest BCUT2D eigenvalue weighted by molar-refractivity contribution is 0.660. The van der Waals surface area contributed by atoms with Gasteiger partial charge in [-0.05, 0) is 80.9 Å². The van der Waals surface area contributed by atoms with Crippen molar-refractivity contribution in [1.82, 2.24) is 19.5 Å². The van der Waals surface area contributed by atoms with Gasteiger partial charge in [0.1, 0.15) is 0 Å². The highest BCUT2D eigenvalue weighted by Crippen LogP contribution is 2.50. The molecular formula is C54H38N4. The predicted octanol–water partition coefficient (Wildman–Crippen LogP) is 13.6. The second-order valence-electron chi connectivity index (χ2n) is 15.7. The van der Waals surface area contributed by atoms with Crippen LogP contribution < -0.4 is 0 Å². The lowest BCUT2D eigenvalue weighted by Gasteiger charge is -2.22. The van der Waals surface area contributed by atoms with Gasteiger partial charge in [0.2, 0.25) is 0 Å². The third-order valence-corrected chi connectivity index (χ3v) is 11.9. The molecule has 0 fully saturated rings. The molecule has 0 unspecified atom stereocenters. The average Bonchev–Trinajstić information content (AvgIpc) is 3.75. The molecule has 1 aliphatic rings. The third-order valence-electron chi connectivity index (χ3n) is 11.9. The van der Waals surface area contributed by atoms with Gasteiger partial charge in [-0.15, -0.1) is 0 Å². The van der Waals surface area contributed by atoms with Gasteiger partial charge in [-0.3, -0.25) is 0 Å². The van der Waals surface area contributed by atoms with Crippen LogP contribution >= 0.6 is 0 Å². The van der Waals surface area contributed by atoms with E-state index in [4.69, 9.17) is 15.0 Å². The molecule has 0 radical (unpaired) electrons. The first-order valence-corrected chi connectivity index (χ1v) is 19.9. The normalized spacial score (nSPS) is 12.8. The van der Waals surface area contributed by atoms with E-state index in [1.165, 1.54) is 44.5 Å². The van der Waals surface area contributed by atoms with E-state index < -0.39 is 0 Å². The zero-order valence-electron chi connectivity index (χ0n) is 32.3. The molecule has 0 saturated heterocycles. The molecule has 4 heteroatoms. The van der Waals surface area contributed by atoms with Gasteiger partial charge in [-0.1, -0.05) is 172 Å². The third kappa shape index (κ3) is 5.48. The molecule has 0 N–H and O–H groups in total. The molecule has 0 amide bonds. The van der Waals surface area contributed by atoms with Gasteiger partial charge in [0.05, 0.1) is 11.0 Å². The fourth-order valence-corrected chi connectivity index (χ4v) is 8.98. The van der Waals surface area contributed by atoms with Gasteiger partial charge < -0.3 is 4.57 Å². The molecule has 0 saturated carbocycles. The highest BCUT2D eigenvalue weighted by molar-refractivity contribution is 6.16. The summed E-state index contributed by atoms with van der Waals surface area (Å²) in [7, 11) is 0. The first-order chi connectivity index (χ1) is 28.5. The number of hydrogen-bond acceptors (Lipinski definition) is 3. The topological polar surface area (TPSA) is 43.6 Å². The van der Waals surface area contributed by atoms with E-state index in [0.717, 1.165) is 44.2 Å². The fraction of sp³-hybridized carbons (Fsp3) is 0.0556. The van der Waals surface area contributed by atoms with Gasteiger partial charge in [-0.25, -0.2) is 15.0 Å². The van der Waals surface area contributed by atoms with E-state index in [9.17, 15) is 0 Å². The monoisotopic (exact) mass is 742 g/mol. The number of hydrogen-bond donors (Lipinski definition) is 0. The van der Waals surface area contributed by atoms with E-state index in [1.54, 1.807) is 0 Å². The molecule has 0 spiro atoms. The Hall–Kier alpha value is -7.43. The molecule has 58 heavy (non-hydrogen) atoms. The molecule has 11 rings (SSSR count). The van der Waals surface area contributed by atoms with Crippen LogP contribution in [0.4, 0.5) is 0 Å². The van der Waals surface area contributed by atoms with Crippen molar-refractivity contribution in [3.63, 3.8) is 0 Å². The van der Waals surface area contributed by atoms with Crippen LogP contribution in [0.25, 0.3) is 95.0 Å². The van der Waals surface area contributed by atoms with Crippen LogP contribution in [0.3, 0.4) is 0 Å². The largest absolute Gasteiger partial charge is 0.309 e. The first kappa shape index (κ1) is 33.9. The van der Waals surface area contributed by atoms with Crippen LogP contribution in [0.15, 0.2) is 194 Å². The van der Waals surface area contributed by atoms with E-state index in [0.29, 0.717) is 17.5 Å². The molecular weight excluding hydrogens is 705 g/mol. The molecule has 0 atom stereocenters. The Balaban J connectivity index is 1.17. The average molecular weight is 743 g/mol. The highest BCUT2D eigenvalue weighted by Gasteiger charge is 2.35. The van der Waals surface area contributed by atoms with Crippen molar-refractivity contribution >= 4 is 21.8 Å². The summed E-state index contributed by atoms with van der Waals surface area (Å²) in [5, 5.41) is 2.24.